The van der Waals surface area contributed by atoms with Gasteiger partial charge in [-0.2, -0.15) is 0 Å². The minimum Gasteiger partial charge on any atom is -0.497 e. The number of hydrogen-bond acceptors (Lipinski definition) is 4. The van der Waals surface area contributed by atoms with Gasteiger partial charge in [-0.15, -0.1) is 0 Å². The molecule has 1 aliphatic heterocycles. The number of halogens is 1. The Labute approximate surface area is 192 Å². The molecule has 170 valence electrons. The molecule has 3 aromatic carbocycles. The molecule has 1 saturated heterocycles. The molecule has 0 spiro atoms. The number of likely N-dealkylation sites (tertiary alicyclic amines) is 1. The molecule has 5 rings (SSSR count). The number of aryl methyl sites for hydroxylation is 1. The normalized spacial score (nSPS) is 17.3. The van der Waals surface area contributed by atoms with Gasteiger partial charge in [0.05, 0.1) is 7.11 Å². The second-order valence-electron chi connectivity index (χ2n) is 8.44. The minimum absolute atomic E-state index is 0.114. The van der Waals surface area contributed by atoms with Crippen molar-refractivity contribution in [2.24, 2.45) is 0 Å². The summed E-state index contributed by atoms with van der Waals surface area (Å²) in [5.74, 6) is 1.76. The highest BCUT2D eigenvalue weighted by Crippen LogP contribution is 2.34. The highest BCUT2D eigenvalue weighted by molar-refractivity contribution is 5.90. The first-order chi connectivity index (χ1) is 16.1. The summed E-state index contributed by atoms with van der Waals surface area (Å²) in [6, 6.07) is 19.7. The van der Waals surface area contributed by atoms with Crippen LogP contribution < -0.4 is 20.1 Å². The van der Waals surface area contributed by atoms with Crippen LogP contribution in [-0.4, -0.2) is 37.2 Å². The fraction of sp³-hybridized carbons (Fsp3) is 0.269. The molecule has 1 unspecified atom stereocenters. The van der Waals surface area contributed by atoms with Crippen LogP contribution in [0.5, 0.6) is 17.2 Å². The molecule has 0 bridgehead atoms. The molecule has 7 heteroatoms. The number of carbonyl (C=O) groups excluding carboxylic acids is 1. The number of nitrogens with one attached hydrogen (secondary N) is 2. The van der Waals surface area contributed by atoms with E-state index < -0.39 is 0 Å². The van der Waals surface area contributed by atoms with E-state index in [0.29, 0.717) is 42.4 Å². The number of ether oxygens (including phenoxy) is 2. The quantitative estimate of drug-likeness (QED) is 0.551. The Morgan fingerprint density at radius 1 is 0.970 bits per heavy atom. The van der Waals surface area contributed by atoms with Crippen molar-refractivity contribution in [3.63, 3.8) is 0 Å². The first-order valence-electron chi connectivity index (χ1n) is 11.1. The third kappa shape index (κ3) is 4.78. The van der Waals surface area contributed by atoms with Gasteiger partial charge in [0.1, 0.15) is 23.1 Å². The molecule has 1 aliphatic carbocycles. The summed E-state index contributed by atoms with van der Waals surface area (Å²) in [6.45, 7) is 1.36. The molecule has 33 heavy (non-hydrogen) atoms. The first kappa shape index (κ1) is 21.3. The third-order valence-electron chi connectivity index (χ3n) is 6.19. The van der Waals surface area contributed by atoms with Gasteiger partial charge in [-0.3, -0.25) is 0 Å². The Balaban J connectivity index is 1.09. The average molecular weight is 448 g/mol. The summed E-state index contributed by atoms with van der Waals surface area (Å²) in [5.41, 5.74) is 3.37. The molecule has 2 amide bonds. The van der Waals surface area contributed by atoms with Crippen LogP contribution in [0.25, 0.3) is 0 Å². The van der Waals surface area contributed by atoms with E-state index in [4.69, 9.17) is 9.47 Å². The molecule has 0 aromatic heterocycles. The number of urea groups is 1. The van der Waals surface area contributed by atoms with Crippen molar-refractivity contribution in [3.8, 4) is 17.2 Å². The number of hydrogen-bond donors (Lipinski definition) is 2. The van der Waals surface area contributed by atoms with Crippen molar-refractivity contribution in [2.75, 3.05) is 25.5 Å². The van der Waals surface area contributed by atoms with Gasteiger partial charge in [-0.1, -0.05) is 6.07 Å². The maximum absolute atomic E-state index is 13.0. The highest BCUT2D eigenvalue weighted by atomic mass is 19.1. The molecule has 0 saturated carbocycles. The lowest BCUT2D eigenvalue weighted by Crippen LogP contribution is -2.61. The van der Waals surface area contributed by atoms with Crippen LogP contribution in [0.4, 0.5) is 14.9 Å². The summed E-state index contributed by atoms with van der Waals surface area (Å²) < 4.78 is 24.0. The van der Waals surface area contributed by atoms with E-state index in [1.165, 1.54) is 23.3 Å². The zero-order chi connectivity index (χ0) is 22.8. The smallest absolute Gasteiger partial charge is 0.321 e. The second kappa shape index (κ2) is 9.11. The van der Waals surface area contributed by atoms with E-state index >= 15 is 0 Å². The van der Waals surface area contributed by atoms with Gasteiger partial charge in [0.15, 0.2) is 0 Å². The Bertz CT molecular complexity index is 1130. The van der Waals surface area contributed by atoms with Crippen molar-refractivity contribution in [3.05, 3.63) is 83.7 Å². The van der Waals surface area contributed by atoms with Crippen LogP contribution in [-0.2, 0) is 6.42 Å². The van der Waals surface area contributed by atoms with Crippen LogP contribution in [0.2, 0.25) is 0 Å². The van der Waals surface area contributed by atoms with Gasteiger partial charge in [0, 0.05) is 30.9 Å². The van der Waals surface area contributed by atoms with Crippen molar-refractivity contribution < 1.29 is 18.7 Å². The SMILES string of the molecule is COc1ccc2c(c1)CCC2NC1CN(C(=O)Nc2ccc(Oc3ccc(F)cc3)cc2)C1. The van der Waals surface area contributed by atoms with Gasteiger partial charge in [0.2, 0.25) is 0 Å². The van der Waals surface area contributed by atoms with Gasteiger partial charge in [-0.25, -0.2) is 9.18 Å². The fourth-order valence-corrected chi connectivity index (χ4v) is 4.38. The van der Waals surface area contributed by atoms with Crippen molar-refractivity contribution in [1.29, 1.82) is 0 Å². The molecule has 6 nitrogen and oxygen atoms in total. The molecule has 2 N–H and O–H groups in total. The topological polar surface area (TPSA) is 62.8 Å². The predicted molar refractivity (Wildman–Crippen MR) is 124 cm³/mol. The maximum atomic E-state index is 13.0. The molecule has 1 atom stereocenters. The monoisotopic (exact) mass is 447 g/mol. The lowest BCUT2D eigenvalue weighted by Gasteiger charge is -2.41. The molecule has 1 heterocycles. The van der Waals surface area contributed by atoms with Crippen LogP contribution in [0, 0.1) is 5.82 Å². The van der Waals surface area contributed by atoms with E-state index in [9.17, 15) is 9.18 Å². The number of nitrogens with zero attached hydrogens (tertiary/aromatic N) is 1. The summed E-state index contributed by atoms with van der Waals surface area (Å²) in [6.07, 6.45) is 2.11. The number of rotatable bonds is 6. The van der Waals surface area contributed by atoms with E-state index in [-0.39, 0.29) is 11.8 Å². The Kier molecular flexibility index (Phi) is 5.88. The van der Waals surface area contributed by atoms with E-state index in [1.54, 1.807) is 48.4 Å². The van der Waals surface area contributed by atoms with Gasteiger partial charge in [-0.05, 0) is 84.6 Å². The lowest BCUT2D eigenvalue weighted by atomic mass is 10.0. The lowest BCUT2D eigenvalue weighted by molar-refractivity contribution is 0.142. The number of benzene rings is 3. The number of carbonyl (C=O) groups is 1. The largest absolute Gasteiger partial charge is 0.497 e. The zero-order valence-electron chi connectivity index (χ0n) is 18.4. The van der Waals surface area contributed by atoms with Gasteiger partial charge >= 0.3 is 6.03 Å². The minimum atomic E-state index is -0.308. The van der Waals surface area contributed by atoms with Gasteiger partial charge < -0.3 is 25.0 Å². The van der Waals surface area contributed by atoms with Crippen molar-refractivity contribution in [2.45, 2.75) is 24.9 Å². The summed E-state index contributed by atoms with van der Waals surface area (Å²) in [7, 11) is 1.69. The molecule has 1 fully saturated rings. The highest BCUT2D eigenvalue weighted by Gasteiger charge is 2.34. The average Bonchev–Trinajstić information content (AvgIpc) is 3.20. The Hall–Kier alpha value is -3.58. The number of methoxy groups -OCH3 is 1. The van der Waals surface area contributed by atoms with Crippen molar-refractivity contribution in [1.82, 2.24) is 10.2 Å². The van der Waals surface area contributed by atoms with E-state index in [1.807, 2.05) is 6.07 Å². The van der Waals surface area contributed by atoms with Crippen LogP contribution in [0.3, 0.4) is 0 Å². The molecular weight excluding hydrogens is 421 g/mol. The first-order valence-corrected chi connectivity index (χ1v) is 11.1. The fourth-order valence-electron chi connectivity index (χ4n) is 4.38. The third-order valence-corrected chi connectivity index (χ3v) is 6.19. The molecule has 3 aromatic rings. The van der Waals surface area contributed by atoms with Crippen LogP contribution in [0.1, 0.15) is 23.6 Å². The van der Waals surface area contributed by atoms with Gasteiger partial charge in [0.25, 0.3) is 0 Å². The van der Waals surface area contributed by atoms with Crippen molar-refractivity contribution >= 4 is 11.7 Å². The zero-order valence-corrected chi connectivity index (χ0v) is 18.4. The molecular formula is C26H26FN3O3. The van der Waals surface area contributed by atoms with E-state index in [0.717, 1.165) is 18.6 Å². The number of amides is 2. The Morgan fingerprint density at radius 3 is 2.33 bits per heavy atom. The maximum Gasteiger partial charge on any atom is 0.321 e. The number of fused-ring (bicyclic) bond motifs is 1. The summed E-state index contributed by atoms with van der Waals surface area (Å²) in [4.78, 5) is 14.4. The summed E-state index contributed by atoms with van der Waals surface area (Å²) >= 11 is 0. The number of anilines is 1. The molecule has 2 aliphatic rings. The second-order valence-corrected chi connectivity index (χ2v) is 8.44. The van der Waals surface area contributed by atoms with Crippen LogP contribution >= 0.6 is 0 Å². The summed E-state index contributed by atoms with van der Waals surface area (Å²) in [5, 5.41) is 6.61. The van der Waals surface area contributed by atoms with Crippen LogP contribution in [0.15, 0.2) is 66.7 Å². The Morgan fingerprint density at radius 2 is 1.64 bits per heavy atom. The van der Waals surface area contributed by atoms with E-state index in [2.05, 4.69) is 22.8 Å². The predicted octanol–water partition coefficient (Wildman–Crippen LogP) is 5.12. The standard InChI is InChI=1S/C26H26FN3O3/c1-32-23-11-12-24-17(14-23)2-13-25(24)28-20-15-30(16-20)26(31)29-19-5-9-22(10-6-19)33-21-7-3-18(27)4-8-21/h3-12,14,20,25,28H,2,13,15-16H2,1H3,(H,29,31). The molecule has 0 radical (unpaired) electrons.